The summed E-state index contributed by atoms with van der Waals surface area (Å²) in [6.07, 6.45) is 0. The summed E-state index contributed by atoms with van der Waals surface area (Å²) < 4.78 is 0. The summed E-state index contributed by atoms with van der Waals surface area (Å²) in [5, 5.41) is 8.31. The number of halogens is 1. The van der Waals surface area contributed by atoms with E-state index in [-0.39, 0.29) is 18.4 Å². The molecule has 0 atom stereocenters. The molecule has 27 heavy (non-hydrogen) atoms. The van der Waals surface area contributed by atoms with Gasteiger partial charge >= 0.3 is 0 Å². The molecule has 0 fully saturated rings. The quantitative estimate of drug-likeness (QED) is 0.665. The van der Waals surface area contributed by atoms with E-state index in [0.717, 1.165) is 22.4 Å². The van der Waals surface area contributed by atoms with Crippen LogP contribution >= 0.6 is 22.9 Å². The second-order valence-electron chi connectivity index (χ2n) is 6.07. The zero-order valence-electron chi connectivity index (χ0n) is 14.9. The minimum atomic E-state index is -0.329. The molecule has 3 rings (SSSR count). The molecule has 2 aromatic carbocycles. The molecule has 3 aromatic rings. The second-order valence-corrected chi connectivity index (χ2v) is 7.37. The first-order valence-electron chi connectivity index (χ1n) is 8.29. The molecule has 7 heteroatoms. The van der Waals surface area contributed by atoms with E-state index in [9.17, 15) is 9.59 Å². The molecular formula is C20H18ClN3O2S. The number of anilines is 1. The van der Waals surface area contributed by atoms with Gasteiger partial charge in [0.05, 0.1) is 12.2 Å². The molecule has 0 saturated heterocycles. The van der Waals surface area contributed by atoms with Gasteiger partial charge in [0, 0.05) is 21.5 Å². The highest BCUT2D eigenvalue weighted by molar-refractivity contribution is 7.14. The Labute approximate surface area is 166 Å². The number of rotatable bonds is 5. The zero-order valence-corrected chi connectivity index (χ0v) is 16.4. The van der Waals surface area contributed by atoms with Crippen LogP contribution < -0.4 is 10.6 Å². The lowest BCUT2D eigenvalue weighted by atomic mass is 10.1. The van der Waals surface area contributed by atoms with Crippen LogP contribution in [0.4, 0.5) is 5.13 Å². The van der Waals surface area contributed by atoms with E-state index in [1.807, 2.05) is 43.5 Å². The third-order valence-electron chi connectivity index (χ3n) is 4.07. The first-order valence-corrected chi connectivity index (χ1v) is 9.55. The molecule has 2 amide bonds. The number of benzene rings is 2. The second kappa shape index (κ2) is 8.33. The number of hydrogen-bond acceptors (Lipinski definition) is 4. The standard InChI is InChI=1S/C20H18ClN3O2S/c1-12-3-4-15(9-13(12)2)19(26)22-10-18(25)24-20-23-17(11-27-20)14-5-7-16(21)8-6-14/h3-9,11H,10H2,1-2H3,(H,22,26)(H,23,24,25). The van der Waals surface area contributed by atoms with E-state index < -0.39 is 0 Å². The predicted molar refractivity (Wildman–Crippen MR) is 109 cm³/mol. The molecule has 0 aliphatic carbocycles. The highest BCUT2D eigenvalue weighted by Gasteiger charge is 2.11. The van der Waals surface area contributed by atoms with Crippen molar-refractivity contribution in [2.45, 2.75) is 13.8 Å². The van der Waals surface area contributed by atoms with Crippen molar-refractivity contribution < 1.29 is 9.59 Å². The Morgan fingerprint density at radius 2 is 1.81 bits per heavy atom. The van der Waals surface area contributed by atoms with Gasteiger partial charge in [-0.25, -0.2) is 4.98 Å². The molecule has 1 heterocycles. The monoisotopic (exact) mass is 399 g/mol. The van der Waals surface area contributed by atoms with Crippen LogP contribution in [0.3, 0.4) is 0 Å². The SMILES string of the molecule is Cc1ccc(C(=O)NCC(=O)Nc2nc(-c3ccc(Cl)cc3)cs2)cc1C. The number of nitrogens with zero attached hydrogens (tertiary/aromatic N) is 1. The maximum atomic E-state index is 12.2. The van der Waals surface area contributed by atoms with E-state index in [1.165, 1.54) is 11.3 Å². The summed E-state index contributed by atoms with van der Waals surface area (Å²) in [5.41, 5.74) is 4.35. The molecule has 1 aromatic heterocycles. The van der Waals surface area contributed by atoms with Crippen LogP contribution in [-0.2, 0) is 4.79 Å². The summed E-state index contributed by atoms with van der Waals surface area (Å²) in [5.74, 6) is -0.613. The number of aromatic nitrogens is 1. The van der Waals surface area contributed by atoms with Gasteiger partial charge in [0.15, 0.2) is 5.13 Å². The topological polar surface area (TPSA) is 71.1 Å². The van der Waals surface area contributed by atoms with E-state index in [2.05, 4.69) is 15.6 Å². The molecule has 5 nitrogen and oxygen atoms in total. The highest BCUT2D eigenvalue weighted by Crippen LogP contribution is 2.25. The number of carbonyl (C=O) groups excluding carboxylic acids is 2. The third-order valence-corrected chi connectivity index (χ3v) is 5.08. The fourth-order valence-corrected chi connectivity index (χ4v) is 3.25. The van der Waals surface area contributed by atoms with Crippen LogP contribution in [0, 0.1) is 13.8 Å². The Hall–Kier alpha value is -2.70. The number of carbonyl (C=O) groups is 2. The Morgan fingerprint density at radius 1 is 1.07 bits per heavy atom. The Morgan fingerprint density at radius 3 is 2.52 bits per heavy atom. The Bertz CT molecular complexity index is 983. The normalized spacial score (nSPS) is 10.5. The largest absolute Gasteiger partial charge is 0.343 e. The average Bonchev–Trinajstić information content (AvgIpc) is 3.11. The van der Waals surface area contributed by atoms with Crippen LogP contribution in [0.2, 0.25) is 5.02 Å². The molecule has 2 N–H and O–H groups in total. The maximum Gasteiger partial charge on any atom is 0.251 e. The number of amides is 2. The fourth-order valence-electron chi connectivity index (χ4n) is 2.39. The van der Waals surface area contributed by atoms with Crippen molar-refractivity contribution in [1.82, 2.24) is 10.3 Å². The molecule has 0 bridgehead atoms. The fraction of sp³-hybridized carbons (Fsp3) is 0.150. The third kappa shape index (κ3) is 4.93. The van der Waals surface area contributed by atoms with Crippen molar-refractivity contribution in [2.24, 2.45) is 0 Å². The van der Waals surface area contributed by atoms with Crippen molar-refractivity contribution in [3.05, 3.63) is 69.6 Å². The lowest BCUT2D eigenvalue weighted by molar-refractivity contribution is -0.115. The van der Waals surface area contributed by atoms with Gasteiger partial charge in [-0.3, -0.25) is 9.59 Å². The Kier molecular flexibility index (Phi) is 5.88. The molecule has 0 unspecified atom stereocenters. The van der Waals surface area contributed by atoms with Crippen LogP contribution in [0.25, 0.3) is 11.3 Å². The minimum Gasteiger partial charge on any atom is -0.343 e. The van der Waals surface area contributed by atoms with E-state index in [0.29, 0.717) is 15.7 Å². The summed E-state index contributed by atoms with van der Waals surface area (Å²) in [6, 6.07) is 12.8. The maximum absolute atomic E-state index is 12.2. The van der Waals surface area contributed by atoms with E-state index in [4.69, 9.17) is 11.6 Å². The summed E-state index contributed by atoms with van der Waals surface area (Å²) >= 11 is 7.21. The van der Waals surface area contributed by atoms with Crippen molar-refractivity contribution in [3.63, 3.8) is 0 Å². The highest BCUT2D eigenvalue weighted by atomic mass is 35.5. The number of aryl methyl sites for hydroxylation is 2. The van der Waals surface area contributed by atoms with Gasteiger partial charge in [0.1, 0.15) is 0 Å². The van der Waals surface area contributed by atoms with Crippen LogP contribution in [0.5, 0.6) is 0 Å². The minimum absolute atomic E-state index is 0.123. The predicted octanol–water partition coefficient (Wildman–Crippen LogP) is 4.45. The summed E-state index contributed by atoms with van der Waals surface area (Å²) in [4.78, 5) is 28.6. The molecule has 0 radical (unpaired) electrons. The lowest BCUT2D eigenvalue weighted by Gasteiger charge is -2.07. The van der Waals surface area contributed by atoms with Crippen molar-refractivity contribution >= 4 is 39.9 Å². The van der Waals surface area contributed by atoms with Gasteiger partial charge in [-0.15, -0.1) is 11.3 Å². The lowest BCUT2D eigenvalue weighted by Crippen LogP contribution is -2.32. The van der Waals surface area contributed by atoms with Crippen molar-refractivity contribution in [2.75, 3.05) is 11.9 Å². The zero-order chi connectivity index (χ0) is 19.4. The van der Waals surface area contributed by atoms with Crippen LogP contribution in [-0.4, -0.2) is 23.3 Å². The summed E-state index contributed by atoms with van der Waals surface area (Å²) in [6.45, 7) is 3.80. The molecule has 0 aliphatic rings. The van der Waals surface area contributed by atoms with Crippen LogP contribution in [0.15, 0.2) is 47.8 Å². The molecule has 0 spiro atoms. The summed E-state index contributed by atoms with van der Waals surface area (Å²) in [7, 11) is 0. The molecule has 0 aliphatic heterocycles. The van der Waals surface area contributed by atoms with Gasteiger partial charge in [-0.05, 0) is 49.2 Å². The van der Waals surface area contributed by atoms with Gasteiger partial charge in [0.2, 0.25) is 5.91 Å². The number of hydrogen-bond donors (Lipinski definition) is 2. The van der Waals surface area contributed by atoms with E-state index >= 15 is 0 Å². The molecular weight excluding hydrogens is 382 g/mol. The number of thiazole rings is 1. The number of nitrogens with one attached hydrogen (secondary N) is 2. The molecule has 138 valence electrons. The van der Waals surface area contributed by atoms with Crippen molar-refractivity contribution in [1.29, 1.82) is 0 Å². The Balaban J connectivity index is 1.55. The van der Waals surface area contributed by atoms with E-state index in [1.54, 1.807) is 18.2 Å². The first-order chi connectivity index (χ1) is 12.9. The van der Waals surface area contributed by atoms with Crippen molar-refractivity contribution in [3.8, 4) is 11.3 Å². The molecule has 0 saturated carbocycles. The average molecular weight is 400 g/mol. The van der Waals surface area contributed by atoms with Crippen LogP contribution in [0.1, 0.15) is 21.5 Å². The van der Waals surface area contributed by atoms with Gasteiger partial charge in [-0.1, -0.05) is 29.8 Å². The van der Waals surface area contributed by atoms with Gasteiger partial charge < -0.3 is 10.6 Å². The van der Waals surface area contributed by atoms with Gasteiger partial charge in [0.25, 0.3) is 5.91 Å². The van der Waals surface area contributed by atoms with Gasteiger partial charge in [-0.2, -0.15) is 0 Å². The first kappa shape index (κ1) is 19.1. The smallest absolute Gasteiger partial charge is 0.251 e.